The summed E-state index contributed by atoms with van der Waals surface area (Å²) >= 11 is 0. The largest absolute Gasteiger partial charge is 0.367 e. The Hall–Kier alpha value is -3.60. The summed E-state index contributed by atoms with van der Waals surface area (Å²) in [7, 11) is 0. The van der Waals surface area contributed by atoms with Crippen molar-refractivity contribution in [1.82, 2.24) is 0 Å². The number of fused-ring (bicyclic) bond motifs is 2. The van der Waals surface area contributed by atoms with Gasteiger partial charge in [-0.2, -0.15) is 0 Å². The zero-order valence-electron chi connectivity index (χ0n) is 18.3. The number of nitrogens with one attached hydrogen (secondary N) is 1. The van der Waals surface area contributed by atoms with E-state index in [0.717, 1.165) is 61.5 Å². The summed E-state index contributed by atoms with van der Waals surface area (Å²) in [5.74, 6) is -0.0697. The molecular formula is C27H27N3O2. The van der Waals surface area contributed by atoms with E-state index in [9.17, 15) is 9.59 Å². The molecule has 0 spiro atoms. The number of rotatable bonds is 3. The molecule has 32 heavy (non-hydrogen) atoms. The molecule has 5 rings (SSSR count). The van der Waals surface area contributed by atoms with Crippen LogP contribution in [0.25, 0.3) is 0 Å². The maximum atomic E-state index is 12.8. The third-order valence-corrected chi connectivity index (χ3v) is 6.46. The zero-order valence-corrected chi connectivity index (χ0v) is 18.3. The number of aryl methyl sites for hydroxylation is 1. The summed E-state index contributed by atoms with van der Waals surface area (Å²) in [6.07, 6.45) is 2.89. The van der Waals surface area contributed by atoms with Gasteiger partial charge in [-0.1, -0.05) is 24.3 Å². The van der Waals surface area contributed by atoms with Crippen molar-refractivity contribution < 1.29 is 9.59 Å². The van der Waals surface area contributed by atoms with Gasteiger partial charge in [0.1, 0.15) is 0 Å². The predicted octanol–water partition coefficient (Wildman–Crippen LogP) is 4.80. The summed E-state index contributed by atoms with van der Waals surface area (Å²) in [5.41, 5.74) is 7.38. The number of nitrogens with zero attached hydrogens (tertiary/aromatic N) is 2. The monoisotopic (exact) mass is 425 g/mol. The Balaban J connectivity index is 1.27. The molecule has 5 heteroatoms. The van der Waals surface area contributed by atoms with E-state index in [1.165, 1.54) is 11.1 Å². The molecule has 0 bridgehead atoms. The van der Waals surface area contributed by atoms with Crippen LogP contribution in [0, 0.1) is 0 Å². The number of hydrogen-bond donors (Lipinski definition) is 1. The number of hydrogen-bond acceptors (Lipinski definition) is 3. The second kappa shape index (κ2) is 8.50. The highest BCUT2D eigenvalue weighted by molar-refractivity contribution is 6.04. The highest BCUT2D eigenvalue weighted by Crippen LogP contribution is 2.30. The first-order chi connectivity index (χ1) is 15.6. The Kier molecular flexibility index (Phi) is 5.39. The minimum absolute atomic E-state index is 0.0556. The fourth-order valence-electron chi connectivity index (χ4n) is 4.74. The van der Waals surface area contributed by atoms with Crippen LogP contribution in [0.15, 0.2) is 66.7 Å². The van der Waals surface area contributed by atoms with Crippen molar-refractivity contribution in [2.24, 2.45) is 0 Å². The van der Waals surface area contributed by atoms with Crippen molar-refractivity contribution in [2.45, 2.75) is 32.7 Å². The molecule has 2 aliphatic heterocycles. The van der Waals surface area contributed by atoms with Gasteiger partial charge in [0.2, 0.25) is 5.91 Å². The summed E-state index contributed by atoms with van der Waals surface area (Å²) in [6, 6.07) is 22.2. The number of carbonyl (C=O) groups is 2. The Morgan fingerprint density at radius 2 is 1.62 bits per heavy atom. The van der Waals surface area contributed by atoms with Gasteiger partial charge in [0.25, 0.3) is 5.91 Å². The molecule has 0 fully saturated rings. The molecule has 0 atom stereocenters. The standard InChI is InChI=1S/C27H27N3O2/c1-19(31)30-15-4-7-22-17-24(10-13-26(22)30)28-27(32)21-8-11-25(12-9-21)29-16-14-20-5-2-3-6-23(20)18-29/h2-3,5-6,8-13,17H,4,7,14-16,18H2,1H3,(H,28,32). The molecule has 2 heterocycles. The van der Waals surface area contributed by atoms with Crippen LogP contribution >= 0.6 is 0 Å². The smallest absolute Gasteiger partial charge is 0.255 e. The lowest BCUT2D eigenvalue weighted by Gasteiger charge is -2.30. The molecular weight excluding hydrogens is 398 g/mol. The number of benzene rings is 3. The third kappa shape index (κ3) is 3.98. The fourth-order valence-corrected chi connectivity index (χ4v) is 4.74. The van der Waals surface area contributed by atoms with Crippen molar-refractivity contribution in [1.29, 1.82) is 0 Å². The highest BCUT2D eigenvalue weighted by Gasteiger charge is 2.21. The third-order valence-electron chi connectivity index (χ3n) is 6.46. The lowest BCUT2D eigenvalue weighted by Crippen LogP contribution is -2.33. The molecule has 3 aromatic rings. The van der Waals surface area contributed by atoms with Gasteiger partial charge in [-0.25, -0.2) is 0 Å². The average molecular weight is 426 g/mol. The minimum Gasteiger partial charge on any atom is -0.367 e. The topological polar surface area (TPSA) is 52.7 Å². The van der Waals surface area contributed by atoms with Crippen LogP contribution in [0.4, 0.5) is 17.1 Å². The Bertz CT molecular complexity index is 1170. The van der Waals surface area contributed by atoms with Gasteiger partial charge in [0, 0.05) is 49.2 Å². The Morgan fingerprint density at radius 3 is 2.41 bits per heavy atom. The summed E-state index contributed by atoms with van der Waals surface area (Å²) in [5, 5.41) is 3.01. The molecule has 0 radical (unpaired) electrons. The molecule has 0 aliphatic carbocycles. The van der Waals surface area contributed by atoms with E-state index in [2.05, 4.69) is 34.5 Å². The van der Waals surface area contributed by atoms with Crippen molar-refractivity contribution in [2.75, 3.05) is 28.2 Å². The van der Waals surface area contributed by atoms with E-state index < -0.39 is 0 Å². The molecule has 0 saturated heterocycles. The van der Waals surface area contributed by atoms with Crippen LogP contribution in [0.1, 0.15) is 40.4 Å². The van der Waals surface area contributed by atoms with Crippen molar-refractivity contribution in [3.8, 4) is 0 Å². The lowest BCUT2D eigenvalue weighted by molar-refractivity contribution is -0.116. The summed E-state index contributed by atoms with van der Waals surface area (Å²) in [6.45, 7) is 4.23. The molecule has 5 nitrogen and oxygen atoms in total. The molecule has 1 N–H and O–H groups in total. The molecule has 0 saturated carbocycles. The van der Waals surface area contributed by atoms with Gasteiger partial charge < -0.3 is 15.1 Å². The second-order valence-corrected chi connectivity index (χ2v) is 8.56. The molecule has 3 aromatic carbocycles. The first-order valence-corrected chi connectivity index (χ1v) is 11.2. The van der Waals surface area contributed by atoms with E-state index >= 15 is 0 Å². The Morgan fingerprint density at radius 1 is 0.844 bits per heavy atom. The zero-order chi connectivity index (χ0) is 22.1. The van der Waals surface area contributed by atoms with Gasteiger partial charge in [0.15, 0.2) is 0 Å². The second-order valence-electron chi connectivity index (χ2n) is 8.56. The first-order valence-electron chi connectivity index (χ1n) is 11.2. The number of carbonyl (C=O) groups excluding carboxylic acids is 2. The first kappa shape index (κ1) is 20.3. The Labute approximate surface area is 188 Å². The minimum atomic E-state index is -0.125. The van der Waals surface area contributed by atoms with E-state index in [-0.39, 0.29) is 11.8 Å². The van der Waals surface area contributed by atoms with Crippen LogP contribution in [0.5, 0.6) is 0 Å². The van der Waals surface area contributed by atoms with Crippen molar-refractivity contribution in [3.05, 3.63) is 89.0 Å². The normalized spacial score (nSPS) is 15.0. The van der Waals surface area contributed by atoms with Crippen molar-refractivity contribution in [3.63, 3.8) is 0 Å². The maximum absolute atomic E-state index is 12.8. The van der Waals surface area contributed by atoms with E-state index in [1.54, 1.807) is 6.92 Å². The van der Waals surface area contributed by atoms with Gasteiger partial charge in [0.05, 0.1) is 0 Å². The van der Waals surface area contributed by atoms with Gasteiger partial charge in [-0.3, -0.25) is 9.59 Å². The molecule has 162 valence electrons. The van der Waals surface area contributed by atoms with E-state index in [1.807, 2.05) is 47.4 Å². The van der Waals surface area contributed by atoms with Gasteiger partial charge in [-0.05, 0) is 78.4 Å². The maximum Gasteiger partial charge on any atom is 0.255 e. The molecule has 0 aromatic heterocycles. The quantitative estimate of drug-likeness (QED) is 0.656. The highest BCUT2D eigenvalue weighted by atomic mass is 16.2. The summed E-state index contributed by atoms with van der Waals surface area (Å²) < 4.78 is 0. The fraction of sp³-hybridized carbons (Fsp3) is 0.259. The predicted molar refractivity (Wildman–Crippen MR) is 128 cm³/mol. The SMILES string of the molecule is CC(=O)N1CCCc2cc(NC(=O)c3ccc(N4CCc5ccccc5C4)cc3)ccc21. The molecule has 2 amide bonds. The molecule has 0 unspecified atom stereocenters. The van der Waals surface area contributed by atoms with Crippen LogP contribution < -0.4 is 15.1 Å². The number of anilines is 3. The van der Waals surface area contributed by atoms with Crippen LogP contribution in [0.3, 0.4) is 0 Å². The van der Waals surface area contributed by atoms with Crippen LogP contribution in [-0.4, -0.2) is 24.9 Å². The van der Waals surface area contributed by atoms with E-state index in [4.69, 9.17) is 0 Å². The van der Waals surface area contributed by atoms with Crippen LogP contribution in [0.2, 0.25) is 0 Å². The average Bonchev–Trinajstić information content (AvgIpc) is 2.83. The lowest BCUT2D eigenvalue weighted by atomic mass is 9.99. The number of amides is 2. The summed E-state index contributed by atoms with van der Waals surface area (Å²) in [4.78, 5) is 28.8. The van der Waals surface area contributed by atoms with E-state index in [0.29, 0.717) is 5.56 Å². The van der Waals surface area contributed by atoms with Crippen LogP contribution in [-0.2, 0) is 24.2 Å². The molecule has 2 aliphatic rings. The van der Waals surface area contributed by atoms with Gasteiger partial charge in [-0.15, -0.1) is 0 Å². The van der Waals surface area contributed by atoms with Crippen molar-refractivity contribution >= 4 is 28.9 Å². The van der Waals surface area contributed by atoms with Gasteiger partial charge >= 0.3 is 0 Å².